The van der Waals surface area contributed by atoms with Crippen LogP contribution in [0.1, 0.15) is 40.0 Å². The van der Waals surface area contributed by atoms with Crippen LogP contribution < -0.4 is 0 Å². The predicted molar refractivity (Wildman–Crippen MR) is 63.3 cm³/mol. The zero-order chi connectivity index (χ0) is 9.40. The molecule has 0 aromatic rings. The maximum atomic E-state index is 3.66. The molecule has 0 atom stereocenters. The Bertz CT molecular complexity index is 128. The van der Waals surface area contributed by atoms with Gasteiger partial charge in [0.05, 0.1) is 0 Å². The lowest BCUT2D eigenvalue weighted by molar-refractivity contribution is 0.815. The van der Waals surface area contributed by atoms with Gasteiger partial charge in [0, 0.05) is 0 Å². The largest absolute Gasteiger partial charge is 0.184 e. The standard InChI is InChI=1S/C10H20BBr/c1-4-7-8-9-10(12)11(5-2)6-3/h9H,4-8H2,1-3H3/b10-9-. The van der Waals surface area contributed by atoms with Crippen LogP contribution in [0.15, 0.2) is 10.5 Å². The van der Waals surface area contributed by atoms with Gasteiger partial charge in [-0.25, -0.2) is 0 Å². The van der Waals surface area contributed by atoms with E-state index in [1.807, 2.05) is 0 Å². The topological polar surface area (TPSA) is 0 Å². The van der Waals surface area contributed by atoms with Crippen molar-refractivity contribution in [3.8, 4) is 0 Å². The van der Waals surface area contributed by atoms with Crippen LogP contribution in [0.25, 0.3) is 0 Å². The van der Waals surface area contributed by atoms with Crippen molar-refractivity contribution in [2.45, 2.75) is 52.7 Å². The van der Waals surface area contributed by atoms with E-state index in [2.05, 4.69) is 42.8 Å². The fourth-order valence-electron chi connectivity index (χ4n) is 1.29. The quantitative estimate of drug-likeness (QED) is 0.465. The van der Waals surface area contributed by atoms with Crippen molar-refractivity contribution in [3.63, 3.8) is 0 Å². The van der Waals surface area contributed by atoms with Gasteiger partial charge in [0.2, 0.25) is 0 Å². The van der Waals surface area contributed by atoms with Crippen molar-refractivity contribution in [1.82, 2.24) is 0 Å². The SMILES string of the molecule is CCCC/C=C(\Br)B(CC)CC. The molecule has 0 N–H and O–H groups in total. The lowest BCUT2D eigenvalue weighted by atomic mass is 9.45. The summed E-state index contributed by atoms with van der Waals surface area (Å²) >= 11 is 3.66. The highest BCUT2D eigenvalue weighted by molar-refractivity contribution is 9.12. The molecule has 0 saturated carbocycles. The molecule has 0 bridgehead atoms. The average molecular weight is 231 g/mol. The first-order valence-electron chi connectivity index (χ1n) is 5.11. The van der Waals surface area contributed by atoms with E-state index in [1.54, 1.807) is 0 Å². The van der Waals surface area contributed by atoms with E-state index >= 15 is 0 Å². The van der Waals surface area contributed by atoms with E-state index in [1.165, 1.54) is 36.3 Å². The summed E-state index contributed by atoms with van der Waals surface area (Å²) in [6, 6.07) is 0. The summed E-state index contributed by atoms with van der Waals surface area (Å²) < 4.78 is 1.42. The second kappa shape index (κ2) is 7.91. The summed E-state index contributed by atoms with van der Waals surface area (Å²) in [5, 5.41) is 0. The number of hydrogen-bond donors (Lipinski definition) is 0. The highest BCUT2D eigenvalue weighted by Gasteiger charge is 2.10. The maximum absolute atomic E-state index is 3.66. The molecule has 0 heterocycles. The minimum Gasteiger partial charge on any atom is -0.0834 e. The Morgan fingerprint density at radius 1 is 1.25 bits per heavy atom. The molecule has 0 fully saturated rings. The number of unbranched alkanes of at least 4 members (excludes halogenated alkanes) is 2. The first kappa shape index (κ1) is 12.3. The molecule has 0 aromatic carbocycles. The van der Waals surface area contributed by atoms with E-state index in [-0.39, 0.29) is 0 Å². The van der Waals surface area contributed by atoms with Crippen LogP contribution in [0.2, 0.25) is 12.6 Å². The van der Waals surface area contributed by atoms with Crippen LogP contribution in [0.3, 0.4) is 0 Å². The molecule has 0 aliphatic carbocycles. The van der Waals surface area contributed by atoms with Crippen LogP contribution in [0.4, 0.5) is 0 Å². The zero-order valence-corrected chi connectivity index (χ0v) is 10.2. The van der Waals surface area contributed by atoms with Gasteiger partial charge in [-0.1, -0.05) is 68.3 Å². The third kappa shape index (κ3) is 5.02. The lowest BCUT2D eigenvalue weighted by Crippen LogP contribution is -2.09. The van der Waals surface area contributed by atoms with Gasteiger partial charge < -0.3 is 0 Å². The van der Waals surface area contributed by atoms with E-state index in [0.717, 1.165) is 6.71 Å². The molecule has 12 heavy (non-hydrogen) atoms. The van der Waals surface area contributed by atoms with Crippen molar-refractivity contribution in [2.75, 3.05) is 0 Å². The summed E-state index contributed by atoms with van der Waals surface area (Å²) in [7, 11) is 0. The third-order valence-corrected chi connectivity index (χ3v) is 3.24. The van der Waals surface area contributed by atoms with Crippen LogP contribution in [-0.4, -0.2) is 6.71 Å². The highest BCUT2D eigenvalue weighted by atomic mass is 79.9. The first-order valence-corrected chi connectivity index (χ1v) is 5.91. The molecule has 0 aliphatic rings. The fourth-order valence-corrected chi connectivity index (χ4v) is 2.17. The molecular weight excluding hydrogens is 211 g/mol. The maximum Gasteiger partial charge on any atom is 0.184 e. The monoisotopic (exact) mass is 230 g/mol. The van der Waals surface area contributed by atoms with Gasteiger partial charge in [-0.05, 0) is 10.8 Å². The van der Waals surface area contributed by atoms with Gasteiger partial charge in [-0.3, -0.25) is 0 Å². The Kier molecular flexibility index (Phi) is 8.10. The fraction of sp³-hybridized carbons (Fsp3) is 0.800. The normalized spacial score (nSPS) is 11.8. The second-order valence-corrected chi connectivity index (χ2v) is 4.16. The molecule has 0 aromatic heterocycles. The number of rotatable bonds is 6. The summed E-state index contributed by atoms with van der Waals surface area (Å²) in [4.78, 5) is 0. The summed E-state index contributed by atoms with van der Waals surface area (Å²) in [5.74, 6) is 0. The molecule has 0 spiro atoms. The summed E-state index contributed by atoms with van der Waals surface area (Å²) in [6.45, 7) is 7.49. The van der Waals surface area contributed by atoms with Crippen molar-refractivity contribution in [2.24, 2.45) is 0 Å². The van der Waals surface area contributed by atoms with Crippen molar-refractivity contribution in [3.05, 3.63) is 10.5 Å². The van der Waals surface area contributed by atoms with E-state index < -0.39 is 0 Å². The molecule has 0 unspecified atom stereocenters. The molecule has 0 rings (SSSR count). The molecule has 0 amide bonds. The highest BCUT2D eigenvalue weighted by Crippen LogP contribution is 2.17. The molecule has 0 radical (unpaired) electrons. The second-order valence-electron chi connectivity index (χ2n) is 3.24. The van der Waals surface area contributed by atoms with Crippen molar-refractivity contribution < 1.29 is 0 Å². The van der Waals surface area contributed by atoms with Crippen LogP contribution in [0, 0.1) is 0 Å². The predicted octanol–water partition coefficient (Wildman–Crippen LogP) is 4.53. The molecule has 70 valence electrons. The Hall–Kier alpha value is 0.285. The van der Waals surface area contributed by atoms with Crippen LogP contribution in [0.5, 0.6) is 0 Å². The average Bonchev–Trinajstić information content (AvgIpc) is 2.07. The Morgan fingerprint density at radius 3 is 2.25 bits per heavy atom. The third-order valence-electron chi connectivity index (χ3n) is 2.27. The van der Waals surface area contributed by atoms with Gasteiger partial charge in [0.1, 0.15) is 0 Å². The van der Waals surface area contributed by atoms with Gasteiger partial charge in [-0.2, -0.15) is 0 Å². The van der Waals surface area contributed by atoms with Gasteiger partial charge in [0.15, 0.2) is 6.71 Å². The lowest BCUT2D eigenvalue weighted by Gasteiger charge is -2.06. The summed E-state index contributed by atoms with van der Waals surface area (Å²) in [5.41, 5.74) is 0. The number of hydrogen-bond acceptors (Lipinski definition) is 0. The van der Waals surface area contributed by atoms with E-state index in [4.69, 9.17) is 0 Å². The molecule has 0 aliphatic heterocycles. The van der Waals surface area contributed by atoms with Crippen LogP contribution in [-0.2, 0) is 0 Å². The first-order chi connectivity index (χ1) is 5.76. The Labute approximate surface area is 86.0 Å². The Morgan fingerprint density at radius 2 is 1.83 bits per heavy atom. The molecule has 2 heteroatoms. The smallest absolute Gasteiger partial charge is 0.0834 e. The minimum absolute atomic E-state index is 0.752. The summed E-state index contributed by atoms with van der Waals surface area (Å²) in [6.07, 6.45) is 8.68. The van der Waals surface area contributed by atoms with Crippen molar-refractivity contribution >= 4 is 22.6 Å². The molecular formula is C10H20BBr. The molecule has 0 saturated heterocycles. The van der Waals surface area contributed by atoms with Gasteiger partial charge >= 0.3 is 0 Å². The molecule has 0 nitrogen and oxygen atoms in total. The Balaban J connectivity index is 3.79. The number of halogens is 1. The van der Waals surface area contributed by atoms with Gasteiger partial charge in [-0.15, -0.1) is 0 Å². The van der Waals surface area contributed by atoms with Crippen LogP contribution >= 0.6 is 15.9 Å². The van der Waals surface area contributed by atoms with E-state index in [0.29, 0.717) is 0 Å². The number of allylic oxidation sites excluding steroid dienone is 1. The zero-order valence-electron chi connectivity index (χ0n) is 8.57. The van der Waals surface area contributed by atoms with E-state index in [9.17, 15) is 0 Å². The minimum atomic E-state index is 0.752. The van der Waals surface area contributed by atoms with Gasteiger partial charge in [0.25, 0.3) is 0 Å². The van der Waals surface area contributed by atoms with Crippen molar-refractivity contribution in [1.29, 1.82) is 0 Å².